The van der Waals surface area contributed by atoms with Crippen molar-refractivity contribution in [1.29, 1.82) is 0 Å². The zero-order valence-electron chi connectivity index (χ0n) is 17.8. The predicted molar refractivity (Wildman–Crippen MR) is 120 cm³/mol. The SMILES string of the molecule is CCOc1ccc(-c2nc(-c3cc(C(=O)O)c(OC)c(C(=O)NN)c3)cs2)cc1OCC. The first-order valence-electron chi connectivity index (χ1n) is 9.75. The number of nitrogens with two attached hydrogens (primary N) is 1. The molecule has 0 aliphatic rings. The summed E-state index contributed by atoms with van der Waals surface area (Å²) in [6, 6.07) is 8.46. The van der Waals surface area contributed by atoms with Crippen LogP contribution < -0.4 is 25.5 Å². The molecule has 0 unspecified atom stereocenters. The fraction of sp³-hybridized carbons (Fsp3) is 0.227. The Morgan fingerprint density at radius 1 is 1.06 bits per heavy atom. The largest absolute Gasteiger partial charge is 0.495 e. The van der Waals surface area contributed by atoms with E-state index in [0.717, 1.165) is 5.56 Å². The topological polar surface area (TPSA) is 133 Å². The molecule has 3 rings (SSSR count). The molecule has 0 spiro atoms. The second kappa shape index (κ2) is 10.1. The summed E-state index contributed by atoms with van der Waals surface area (Å²) in [5.74, 6) is 4.53. The molecule has 2 aromatic carbocycles. The van der Waals surface area contributed by atoms with Gasteiger partial charge in [-0.2, -0.15) is 0 Å². The van der Waals surface area contributed by atoms with Gasteiger partial charge in [-0.05, 0) is 44.2 Å². The average molecular weight is 458 g/mol. The van der Waals surface area contributed by atoms with Crippen molar-refractivity contribution in [2.24, 2.45) is 5.84 Å². The van der Waals surface area contributed by atoms with Gasteiger partial charge in [0.2, 0.25) is 0 Å². The molecule has 0 saturated heterocycles. The van der Waals surface area contributed by atoms with Crippen molar-refractivity contribution in [1.82, 2.24) is 10.4 Å². The first-order valence-corrected chi connectivity index (χ1v) is 10.6. The van der Waals surface area contributed by atoms with Gasteiger partial charge in [-0.1, -0.05) is 0 Å². The van der Waals surface area contributed by atoms with Crippen molar-refractivity contribution in [3.63, 3.8) is 0 Å². The van der Waals surface area contributed by atoms with Gasteiger partial charge >= 0.3 is 5.97 Å². The fourth-order valence-electron chi connectivity index (χ4n) is 3.12. The molecule has 10 heteroatoms. The Kier molecular flexibility index (Phi) is 7.29. The van der Waals surface area contributed by atoms with Crippen LogP contribution in [-0.4, -0.2) is 42.3 Å². The number of carbonyl (C=O) groups excluding carboxylic acids is 1. The van der Waals surface area contributed by atoms with Crippen LogP contribution in [0.3, 0.4) is 0 Å². The third-order valence-electron chi connectivity index (χ3n) is 4.49. The molecule has 1 heterocycles. The lowest BCUT2D eigenvalue weighted by atomic mass is 10.0. The van der Waals surface area contributed by atoms with E-state index in [1.54, 1.807) is 5.38 Å². The highest BCUT2D eigenvalue weighted by Crippen LogP contribution is 2.37. The lowest BCUT2D eigenvalue weighted by Crippen LogP contribution is -2.30. The van der Waals surface area contributed by atoms with Gasteiger partial charge in [0.05, 0.1) is 31.6 Å². The Morgan fingerprint density at radius 2 is 1.75 bits per heavy atom. The standard InChI is InChI=1S/C22H23N3O6S/c1-4-30-17-7-6-12(10-18(17)31-5-2)21-24-16(11-32-21)13-8-14(20(26)25-23)19(29-3)15(9-13)22(27)28/h6-11H,4-5,23H2,1-3H3,(H,25,26)(H,27,28). The van der Waals surface area contributed by atoms with Gasteiger partial charge < -0.3 is 19.3 Å². The normalized spacial score (nSPS) is 10.5. The van der Waals surface area contributed by atoms with Crippen LogP contribution in [-0.2, 0) is 0 Å². The minimum absolute atomic E-state index is 0.000788. The molecule has 0 saturated carbocycles. The number of hydrazine groups is 1. The molecule has 168 valence electrons. The number of aromatic nitrogens is 1. The number of ether oxygens (including phenoxy) is 3. The first kappa shape index (κ1) is 23.0. The van der Waals surface area contributed by atoms with E-state index in [-0.39, 0.29) is 16.9 Å². The Labute approximate surface area is 188 Å². The van der Waals surface area contributed by atoms with Crippen LogP contribution in [0.15, 0.2) is 35.7 Å². The molecule has 0 aliphatic carbocycles. The number of hydrogen-bond acceptors (Lipinski definition) is 8. The van der Waals surface area contributed by atoms with Crippen molar-refractivity contribution in [3.8, 4) is 39.1 Å². The number of benzene rings is 2. The van der Waals surface area contributed by atoms with Crippen LogP contribution in [0.2, 0.25) is 0 Å². The van der Waals surface area contributed by atoms with Crippen molar-refractivity contribution < 1.29 is 28.9 Å². The number of aromatic carboxylic acids is 1. The number of thiazole rings is 1. The monoisotopic (exact) mass is 457 g/mol. The number of carbonyl (C=O) groups is 2. The highest BCUT2D eigenvalue weighted by molar-refractivity contribution is 7.13. The molecule has 0 atom stereocenters. The van der Waals surface area contributed by atoms with Gasteiger partial charge in [-0.3, -0.25) is 10.2 Å². The number of nitrogen functional groups attached to an aromatic ring is 1. The summed E-state index contributed by atoms with van der Waals surface area (Å²) in [6.45, 7) is 4.80. The van der Waals surface area contributed by atoms with Gasteiger partial charge in [0.1, 0.15) is 16.3 Å². The lowest BCUT2D eigenvalue weighted by molar-refractivity contribution is 0.0693. The van der Waals surface area contributed by atoms with Gasteiger partial charge in [0, 0.05) is 16.5 Å². The van der Waals surface area contributed by atoms with Crippen LogP contribution in [0.4, 0.5) is 0 Å². The van der Waals surface area contributed by atoms with E-state index in [1.165, 1.54) is 30.6 Å². The number of hydrogen-bond donors (Lipinski definition) is 3. The zero-order valence-corrected chi connectivity index (χ0v) is 18.6. The van der Waals surface area contributed by atoms with Crippen LogP contribution >= 0.6 is 11.3 Å². The highest BCUT2D eigenvalue weighted by Gasteiger charge is 2.22. The van der Waals surface area contributed by atoms with Crippen LogP contribution in [0.25, 0.3) is 21.8 Å². The molecular formula is C22H23N3O6S. The summed E-state index contributed by atoms with van der Waals surface area (Å²) < 4.78 is 16.4. The maximum atomic E-state index is 12.2. The number of methoxy groups -OCH3 is 1. The molecule has 0 radical (unpaired) electrons. The van der Waals surface area contributed by atoms with E-state index in [1.807, 2.05) is 37.5 Å². The quantitative estimate of drug-likeness (QED) is 0.252. The van der Waals surface area contributed by atoms with Gasteiger partial charge in [0.15, 0.2) is 11.5 Å². The molecule has 0 fully saturated rings. The van der Waals surface area contributed by atoms with Gasteiger partial charge in [-0.25, -0.2) is 15.6 Å². The number of carboxylic acid groups (broad SMARTS) is 1. The molecule has 9 nitrogen and oxygen atoms in total. The number of nitrogens with one attached hydrogen (secondary N) is 1. The molecule has 0 bridgehead atoms. The number of rotatable bonds is 9. The molecule has 3 aromatic rings. The molecule has 0 aliphatic heterocycles. The maximum Gasteiger partial charge on any atom is 0.339 e. The van der Waals surface area contributed by atoms with Crippen LogP contribution in [0.1, 0.15) is 34.6 Å². The summed E-state index contributed by atoms with van der Waals surface area (Å²) in [6.07, 6.45) is 0. The second-order valence-corrected chi connectivity index (χ2v) is 7.31. The Balaban J connectivity index is 2.06. The Bertz CT molecular complexity index is 1140. The van der Waals surface area contributed by atoms with E-state index in [9.17, 15) is 14.7 Å². The van der Waals surface area contributed by atoms with E-state index in [2.05, 4.69) is 4.98 Å². The number of carboxylic acids is 1. The van der Waals surface area contributed by atoms with Gasteiger partial charge in [-0.15, -0.1) is 11.3 Å². The molecule has 1 amide bonds. The van der Waals surface area contributed by atoms with Crippen molar-refractivity contribution >= 4 is 23.2 Å². The second-order valence-electron chi connectivity index (χ2n) is 6.45. The Hall–Kier alpha value is -3.63. The lowest BCUT2D eigenvalue weighted by Gasteiger charge is -2.12. The summed E-state index contributed by atoms with van der Waals surface area (Å²) in [5.41, 5.74) is 3.61. The smallest absolute Gasteiger partial charge is 0.339 e. The third kappa shape index (κ3) is 4.66. The maximum absolute atomic E-state index is 12.2. The number of nitrogens with zero attached hydrogens (tertiary/aromatic N) is 1. The van der Waals surface area contributed by atoms with Crippen LogP contribution in [0, 0.1) is 0 Å². The van der Waals surface area contributed by atoms with Crippen molar-refractivity contribution in [2.45, 2.75) is 13.8 Å². The third-order valence-corrected chi connectivity index (χ3v) is 5.38. The molecule has 32 heavy (non-hydrogen) atoms. The van der Waals surface area contributed by atoms with Crippen molar-refractivity contribution in [3.05, 3.63) is 46.8 Å². The summed E-state index contributed by atoms with van der Waals surface area (Å²) in [4.78, 5) is 28.6. The van der Waals surface area contributed by atoms with Crippen LogP contribution in [0.5, 0.6) is 17.2 Å². The fourth-order valence-corrected chi connectivity index (χ4v) is 3.95. The molecule has 4 N–H and O–H groups in total. The van der Waals surface area contributed by atoms with E-state index < -0.39 is 11.9 Å². The van der Waals surface area contributed by atoms with Crippen molar-refractivity contribution in [2.75, 3.05) is 20.3 Å². The number of amides is 1. The summed E-state index contributed by atoms with van der Waals surface area (Å²) in [7, 11) is 1.29. The summed E-state index contributed by atoms with van der Waals surface area (Å²) in [5, 5.41) is 12.1. The predicted octanol–water partition coefficient (Wildman–Crippen LogP) is 3.58. The molecule has 1 aromatic heterocycles. The van der Waals surface area contributed by atoms with E-state index in [4.69, 9.17) is 20.1 Å². The minimum Gasteiger partial charge on any atom is -0.495 e. The van der Waals surface area contributed by atoms with E-state index in [0.29, 0.717) is 41.0 Å². The highest BCUT2D eigenvalue weighted by atomic mass is 32.1. The first-order chi connectivity index (χ1) is 15.4. The molecular weight excluding hydrogens is 434 g/mol. The van der Waals surface area contributed by atoms with Gasteiger partial charge in [0.25, 0.3) is 5.91 Å². The minimum atomic E-state index is -1.24. The average Bonchev–Trinajstić information content (AvgIpc) is 3.29. The Morgan fingerprint density at radius 3 is 2.38 bits per heavy atom. The summed E-state index contributed by atoms with van der Waals surface area (Å²) >= 11 is 1.38. The zero-order chi connectivity index (χ0) is 23.3. The van der Waals surface area contributed by atoms with E-state index >= 15 is 0 Å².